The molecule has 314 valence electrons. The van der Waals surface area contributed by atoms with Gasteiger partial charge in [0.15, 0.2) is 6.10 Å². The molecule has 0 bridgehead atoms. The minimum Gasteiger partial charge on any atom is -0.480 e. The predicted octanol–water partition coefficient (Wildman–Crippen LogP) is 10.6. The van der Waals surface area contributed by atoms with Crippen molar-refractivity contribution in [1.82, 2.24) is 0 Å². The van der Waals surface area contributed by atoms with Gasteiger partial charge in [0.1, 0.15) is 12.6 Å². The second-order valence-electron chi connectivity index (χ2n) is 13.4. The molecule has 0 aliphatic heterocycles. The van der Waals surface area contributed by atoms with E-state index in [1.165, 1.54) is 51.4 Å². The molecular weight excluding hydrogens is 721 g/mol. The summed E-state index contributed by atoms with van der Waals surface area (Å²) in [4.78, 5) is 45.8. The average molecular weight is 794 g/mol. The van der Waals surface area contributed by atoms with E-state index in [9.17, 15) is 23.8 Å². The van der Waals surface area contributed by atoms with Crippen molar-refractivity contribution in [3.05, 3.63) is 72.9 Å². The van der Waals surface area contributed by atoms with Crippen LogP contribution in [0.3, 0.4) is 0 Å². The number of aliphatic carboxylic acids is 1. The van der Waals surface area contributed by atoms with E-state index in [0.717, 1.165) is 51.4 Å². The maximum atomic E-state index is 12.6. The van der Waals surface area contributed by atoms with Gasteiger partial charge in [0, 0.05) is 12.8 Å². The zero-order valence-corrected chi connectivity index (χ0v) is 34.6. The Morgan fingerprint density at radius 1 is 0.582 bits per heavy atom. The SMILES string of the molecule is CC/C=C/C/C=C/C/C=C/C/C=C/C/C=C/C/C=C/CCC(=O)O[C@@H](COC(=O)CCCCCCCCCCCCCC)COP(=O)(O)OC[C@H](N)C(=O)O. The van der Waals surface area contributed by atoms with Crippen LogP contribution < -0.4 is 5.73 Å². The van der Waals surface area contributed by atoms with Gasteiger partial charge in [-0.25, -0.2) is 4.57 Å². The summed E-state index contributed by atoms with van der Waals surface area (Å²) in [5.41, 5.74) is 5.32. The van der Waals surface area contributed by atoms with Crippen LogP contribution in [0.5, 0.6) is 0 Å². The Labute approximate surface area is 331 Å². The first-order valence-corrected chi connectivity index (χ1v) is 22.0. The van der Waals surface area contributed by atoms with Crippen LogP contribution in [0.15, 0.2) is 72.9 Å². The number of allylic oxidation sites excluding steroid dienone is 12. The molecule has 0 aromatic carbocycles. The molecular formula is C43H72NO10P. The van der Waals surface area contributed by atoms with Crippen molar-refractivity contribution in [2.75, 3.05) is 19.8 Å². The minimum absolute atomic E-state index is 0.0339. The van der Waals surface area contributed by atoms with Crippen LogP contribution in [0, 0.1) is 0 Å². The van der Waals surface area contributed by atoms with Crippen LogP contribution in [0.25, 0.3) is 0 Å². The molecule has 0 amide bonds. The van der Waals surface area contributed by atoms with E-state index in [1.54, 1.807) is 0 Å². The van der Waals surface area contributed by atoms with Gasteiger partial charge in [-0.15, -0.1) is 0 Å². The highest BCUT2D eigenvalue weighted by molar-refractivity contribution is 7.47. The molecule has 3 atom stereocenters. The Morgan fingerprint density at radius 3 is 1.49 bits per heavy atom. The predicted molar refractivity (Wildman–Crippen MR) is 221 cm³/mol. The first kappa shape index (κ1) is 51.9. The lowest BCUT2D eigenvalue weighted by Gasteiger charge is -2.20. The Bertz CT molecular complexity index is 1210. The van der Waals surface area contributed by atoms with Crippen molar-refractivity contribution in [1.29, 1.82) is 0 Å². The van der Waals surface area contributed by atoms with Gasteiger partial charge in [-0.05, 0) is 51.4 Å². The van der Waals surface area contributed by atoms with Gasteiger partial charge >= 0.3 is 25.7 Å². The highest BCUT2D eigenvalue weighted by Gasteiger charge is 2.28. The van der Waals surface area contributed by atoms with Crippen LogP contribution in [0.2, 0.25) is 0 Å². The third-order valence-electron chi connectivity index (χ3n) is 8.23. The Kier molecular flexibility index (Phi) is 35.7. The summed E-state index contributed by atoms with van der Waals surface area (Å²) in [5.74, 6) is -2.49. The van der Waals surface area contributed by atoms with E-state index in [4.69, 9.17) is 24.8 Å². The first-order chi connectivity index (χ1) is 26.6. The molecule has 0 aliphatic rings. The fourth-order valence-corrected chi connectivity index (χ4v) is 5.81. The Balaban J connectivity index is 4.54. The van der Waals surface area contributed by atoms with Gasteiger partial charge in [-0.2, -0.15) is 0 Å². The van der Waals surface area contributed by atoms with E-state index < -0.39 is 51.1 Å². The summed E-state index contributed by atoms with van der Waals surface area (Å²) in [6.45, 7) is 2.59. The zero-order valence-electron chi connectivity index (χ0n) is 33.7. The number of esters is 2. The quantitative estimate of drug-likeness (QED) is 0.0236. The number of rotatable bonds is 37. The van der Waals surface area contributed by atoms with Gasteiger partial charge in [-0.1, -0.05) is 157 Å². The third kappa shape index (κ3) is 37.6. The molecule has 55 heavy (non-hydrogen) atoms. The monoisotopic (exact) mass is 793 g/mol. The molecule has 4 N–H and O–H groups in total. The standard InChI is InChI=1S/C43H72NO10P/c1-3-5-7-9-11-13-15-17-18-19-20-21-22-23-25-27-29-31-33-35-42(46)54-39(37-52-55(49,50)53-38-40(44)43(47)48)36-51-41(45)34-32-30-28-26-24-16-14-12-10-8-6-4-2/h5,7,11,13,17-18,20-21,23,25,29,31,39-40H,3-4,6,8-10,12,14-16,19,22,24,26-28,30,32-38,44H2,1-2H3,(H,47,48)(H,49,50)/b7-5+,13-11+,18-17+,21-20+,25-23+,31-29+/t39-,40-/m0/s1. The molecule has 11 nitrogen and oxygen atoms in total. The van der Waals surface area contributed by atoms with E-state index >= 15 is 0 Å². The number of phosphoric ester groups is 1. The molecule has 12 heteroatoms. The molecule has 0 fully saturated rings. The summed E-state index contributed by atoms with van der Waals surface area (Å²) >= 11 is 0. The van der Waals surface area contributed by atoms with Gasteiger partial charge in [0.25, 0.3) is 0 Å². The molecule has 0 radical (unpaired) electrons. The number of hydrogen-bond acceptors (Lipinski definition) is 9. The van der Waals surface area contributed by atoms with Crippen molar-refractivity contribution < 1.29 is 47.5 Å². The molecule has 1 unspecified atom stereocenters. The lowest BCUT2D eigenvalue weighted by molar-refractivity contribution is -0.161. The number of nitrogens with two attached hydrogens (primary N) is 1. The summed E-state index contributed by atoms with van der Waals surface area (Å²) in [7, 11) is -4.73. The smallest absolute Gasteiger partial charge is 0.472 e. The lowest BCUT2D eigenvalue weighted by atomic mass is 10.0. The molecule has 0 aromatic heterocycles. The summed E-state index contributed by atoms with van der Waals surface area (Å²) < 4.78 is 32.5. The number of unbranched alkanes of at least 4 members (excludes halogenated alkanes) is 11. The second kappa shape index (κ2) is 37.8. The topological polar surface area (TPSA) is 172 Å². The average Bonchev–Trinajstić information content (AvgIpc) is 3.16. The first-order valence-electron chi connectivity index (χ1n) is 20.5. The van der Waals surface area contributed by atoms with Crippen molar-refractivity contribution >= 4 is 25.7 Å². The van der Waals surface area contributed by atoms with Crippen LogP contribution in [0.4, 0.5) is 0 Å². The highest BCUT2D eigenvalue weighted by Crippen LogP contribution is 2.43. The van der Waals surface area contributed by atoms with Crippen LogP contribution >= 0.6 is 7.82 Å². The molecule has 0 aromatic rings. The Morgan fingerprint density at radius 2 is 1.02 bits per heavy atom. The largest absolute Gasteiger partial charge is 0.480 e. The van der Waals surface area contributed by atoms with Crippen molar-refractivity contribution in [3.63, 3.8) is 0 Å². The maximum absolute atomic E-state index is 12.6. The summed E-state index contributed by atoms with van der Waals surface area (Å²) in [5, 5.41) is 8.87. The maximum Gasteiger partial charge on any atom is 0.472 e. The molecule has 0 spiro atoms. The van der Waals surface area contributed by atoms with Gasteiger partial charge in [-0.3, -0.25) is 23.4 Å². The van der Waals surface area contributed by atoms with E-state index in [2.05, 4.69) is 73.1 Å². The zero-order chi connectivity index (χ0) is 40.7. The van der Waals surface area contributed by atoms with E-state index in [-0.39, 0.29) is 19.4 Å². The number of hydrogen-bond donors (Lipinski definition) is 3. The van der Waals surface area contributed by atoms with E-state index in [0.29, 0.717) is 19.3 Å². The third-order valence-corrected chi connectivity index (χ3v) is 9.18. The molecule has 0 rings (SSSR count). The Hall–Kier alpha value is -3.08. The second-order valence-corrected chi connectivity index (χ2v) is 14.8. The fourth-order valence-electron chi connectivity index (χ4n) is 5.03. The summed E-state index contributed by atoms with van der Waals surface area (Å²) in [6, 6.07) is -1.53. The molecule has 0 saturated heterocycles. The van der Waals surface area contributed by atoms with Gasteiger partial charge in [0.2, 0.25) is 0 Å². The van der Waals surface area contributed by atoms with Gasteiger partial charge in [0.05, 0.1) is 13.2 Å². The fraction of sp³-hybridized carbons (Fsp3) is 0.651. The van der Waals surface area contributed by atoms with Crippen LogP contribution in [-0.4, -0.2) is 59.9 Å². The number of carbonyl (C=O) groups is 3. The lowest BCUT2D eigenvalue weighted by Crippen LogP contribution is -2.34. The molecule has 0 saturated carbocycles. The number of ether oxygens (including phenoxy) is 2. The number of carboxylic acids is 1. The van der Waals surface area contributed by atoms with Crippen molar-refractivity contribution in [3.8, 4) is 0 Å². The number of carbonyl (C=O) groups excluding carboxylic acids is 2. The van der Waals surface area contributed by atoms with Gasteiger partial charge < -0.3 is 25.2 Å². The van der Waals surface area contributed by atoms with Crippen LogP contribution in [-0.2, 0) is 37.5 Å². The molecule has 0 aliphatic carbocycles. The van der Waals surface area contributed by atoms with Crippen LogP contribution in [0.1, 0.15) is 149 Å². The number of phosphoric acid groups is 1. The highest BCUT2D eigenvalue weighted by atomic mass is 31.2. The summed E-state index contributed by atoms with van der Waals surface area (Å²) in [6.07, 6.45) is 44.1. The van der Waals surface area contributed by atoms with Crippen molar-refractivity contribution in [2.24, 2.45) is 5.73 Å². The molecule has 0 heterocycles. The normalized spacial score (nSPS) is 14.5. The van der Waals surface area contributed by atoms with E-state index in [1.807, 2.05) is 18.2 Å². The minimum atomic E-state index is -4.73. The van der Waals surface area contributed by atoms with Crippen molar-refractivity contribution in [2.45, 2.75) is 161 Å². The number of carboxylic acid groups (broad SMARTS) is 1.